The first-order chi connectivity index (χ1) is 7.75. The van der Waals surface area contributed by atoms with E-state index in [2.05, 4.69) is 15.3 Å². The lowest BCUT2D eigenvalue weighted by molar-refractivity contribution is 0.0690. The molecule has 0 bridgehead atoms. The van der Waals surface area contributed by atoms with Crippen LogP contribution in [0.1, 0.15) is 10.5 Å². The number of hydrogen-bond donors (Lipinski definition) is 2. The number of carboxylic acids is 1. The summed E-state index contributed by atoms with van der Waals surface area (Å²) in [7, 11) is 0. The topological polar surface area (TPSA) is 75.1 Å². The molecule has 0 atom stereocenters. The number of nitrogens with zero attached hydrogens (tertiary/aromatic N) is 2. The van der Waals surface area contributed by atoms with Crippen molar-refractivity contribution in [2.75, 3.05) is 5.32 Å². The van der Waals surface area contributed by atoms with Gasteiger partial charge in [0.25, 0.3) is 0 Å². The van der Waals surface area contributed by atoms with Crippen LogP contribution in [-0.2, 0) is 0 Å². The smallest absolute Gasteiger partial charge is 0.356 e. The van der Waals surface area contributed by atoms with Gasteiger partial charge in [0.2, 0.25) is 0 Å². The van der Waals surface area contributed by atoms with Gasteiger partial charge in [-0.05, 0) is 12.1 Å². The van der Waals surface area contributed by atoms with Crippen molar-refractivity contribution >= 4 is 17.5 Å². The molecule has 0 aliphatic heterocycles. The van der Waals surface area contributed by atoms with Crippen LogP contribution in [0.3, 0.4) is 0 Å². The van der Waals surface area contributed by atoms with Crippen LogP contribution in [-0.4, -0.2) is 21.0 Å². The molecule has 80 valence electrons. The summed E-state index contributed by atoms with van der Waals surface area (Å²) in [6, 6.07) is 9.35. The number of anilines is 2. The Morgan fingerprint density at radius 3 is 2.62 bits per heavy atom. The van der Waals surface area contributed by atoms with E-state index in [-0.39, 0.29) is 5.69 Å². The van der Waals surface area contributed by atoms with Crippen molar-refractivity contribution in [3.8, 4) is 0 Å². The standard InChI is InChI=1S/C11H9N3O2/c15-11(16)9-6-12-7-10(14-9)13-8-4-2-1-3-5-8/h1-7H,(H,13,14)(H,15,16). The number of aromatic carboxylic acids is 1. The van der Waals surface area contributed by atoms with Crippen molar-refractivity contribution in [3.63, 3.8) is 0 Å². The fraction of sp³-hybridized carbons (Fsp3) is 0. The van der Waals surface area contributed by atoms with Crippen LogP contribution in [0.5, 0.6) is 0 Å². The molecule has 16 heavy (non-hydrogen) atoms. The molecule has 1 aromatic heterocycles. The van der Waals surface area contributed by atoms with E-state index in [1.165, 1.54) is 12.4 Å². The Hall–Kier alpha value is -2.43. The Labute approximate surface area is 91.8 Å². The van der Waals surface area contributed by atoms with Crippen molar-refractivity contribution in [2.24, 2.45) is 0 Å². The molecule has 0 aliphatic rings. The van der Waals surface area contributed by atoms with E-state index in [1.54, 1.807) is 0 Å². The van der Waals surface area contributed by atoms with Gasteiger partial charge < -0.3 is 10.4 Å². The van der Waals surface area contributed by atoms with Gasteiger partial charge in [0, 0.05) is 5.69 Å². The fourth-order valence-electron chi connectivity index (χ4n) is 1.20. The minimum Gasteiger partial charge on any atom is -0.476 e. The summed E-state index contributed by atoms with van der Waals surface area (Å²) in [4.78, 5) is 18.4. The minimum absolute atomic E-state index is 0.0825. The van der Waals surface area contributed by atoms with Crippen molar-refractivity contribution in [3.05, 3.63) is 48.4 Å². The highest BCUT2D eigenvalue weighted by Gasteiger charge is 2.05. The fourth-order valence-corrected chi connectivity index (χ4v) is 1.20. The number of para-hydroxylation sites is 1. The average Bonchev–Trinajstić information content (AvgIpc) is 2.30. The molecular formula is C11H9N3O2. The van der Waals surface area contributed by atoms with E-state index in [9.17, 15) is 4.79 Å². The second kappa shape index (κ2) is 4.39. The van der Waals surface area contributed by atoms with Crippen molar-refractivity contribution in [1.29, 1.82) is 0 Å². The molecule has 1 aromatic carbocycles. The number of carboxylic acid groups (broad SMARTS) is 1. The molecule has 0 amide bonds. The van der Waals surface area contributed by atoms with E-state index in [4.69, 9.17) is 5.11 Å². The van der Waals surface area contributed by atoms with Crippen LogP contribution in [0.25, 0.3) is 0 Å². The molecule has 2 N–H and O–H groups in total. The maximum atomic E-state index is 10.7. The first-order valence-corrected chi connectivity index (χ1v) is 4.63. The van der Waals surface area contributed by atoms with Crippen molar-refractivity contribution in [2.45, 2.75) is 0 Å². The Kier molecular flexibility index (Phi) is 2.77. The molecule has 0 saturated heterocycles. The lowest BCUT2D eigenvalue weighted by atomic mass is 10.3. The molecular weight excluding hydrogens is 206 g/mol. The van der Waals surface area contributed by atoms with Gasteiger partial charge in [-0.25, -0.2) is 9.78 Å². The first kappa shape index (κ1) is 10.1. The highest BCUT2D eigenvalue weighted by Crippen LogP contribution is 2.12. The Morgan fingerprint density at radius 1 is 1.19 bits per heavy atom. The van der Waals surface area contributed by atoms with Gasteiger partial charge in [-0.3, -0.25) is 4.98 Å². The third-order valence-corrected chi connectivity index (χ3v) is 1.90. The van der Waals surface area contributed by atoms with Crippen LogP contribution in [0, 0.1) is 0 Å². The maximum absolute atomic E-state index is 10.7. The molecule has 2 aromatic rings. The zero-order valence-electron chi connectivity index (χ0n) is 8.29. The number of hydrogen-bond acceptors (Lipinski definition) is 4. The summed E-state index contributed by atoms with van der Waals surface area (Å²) >= 11 is 0. The summed E-state index contributed by atoms with van der Waals surface area (Å²) in [5, 5.41) is 11.7. The lowest BCUT2D eigenvalue weighted by Gasteiger charge is -2.04. The molecule has 5 nitrogen and oxygen atoms in total. The predicted octanol–water partition coefficient (Wildman–Crippen LogP) is 1.92. The zero-order valence-corrected chi connectivity index (χ0v) is 8.29. The van der Waals surface area contributed by atoms with E-state index < -0.39 is 5.97 Å². The normalized spacial score (nSPS) is 9.75. The first-order valence-electron chi connectivity index (χ1n) is 4.63. The molecule has 2 rings (SSSR count). The SMILES string of the molecule is O=C(O)c1cncc(Nc2ccccc2)n1. The van der Waals surface area contributed by atoms with Gasteiger partial charge in [-0.1, -0.05) is 18.2 Å². The largest absolute Gasteiger partial charge is 0.476 e. The van der Waals surface area contributed by atoms with E-state index >= 15 is 0 Å². The number of carbonyl (C=O) groups is 1. The molecule has 0 fully saturated rings. The van der Waals surface area contributed by atoms with Crippen molar-refractivity contribution in [1.82, 2.24) is 9.97 Å². The van der Waals surface area contributed by atoms with Gasteiger partial charge in [0.1, 0.15) is 5.82 Å². The van der Waals surface area contributed by atoms with E-state index in [0.717, 1.165) is 5.69 Å². The summed E-state index contributed by atoms with van der Waals surface area (Å²) in [5.41, 5.74) is 0.750. The van der Waals surface area contributed by atoms with Crippen LogP contribution in [0.2, 0.25) is 0 Å². The summed E-state index contributed by atoms with van der Waals surface area (Å²) in [6.45, 7) is 0. The van der Waals surface area contributed by atoms with E-state index in [1.807, 2.05) is 30.3 Å². The molecule has 0 unspecified atom stereocenters. The second-order valence-electron chi connectivity index (χ2n) is 3.09. The minimum atomic E-state index is -1.09. The van der Waals surface area contributed by atoms with Gasteiger partial charge in [0.15, 0.2) is 5.69 Å². The second-order valence-corrected chi connectivity index (χ2v) is 3.09. The van der Waals surface area contributed by atoms with Gasteiger partial charge in [-0.15, -0.1) is 0 Å². The summed E-state index contributed by atoms with van der Waals surface area (Å²) in [6.07, 6.45) is 2.68. The maximum Gasteiger partial charge on any atom is 0.356 e. The van der Waals surface area contributed by atoms with Gasteiger partial charge >= 0.3 is 5.97 Å². The quantitative estimate of drug-likeness (QED) is 0.818. The number of rotatable bonds is 3. The Morgan fingerprint density at radius 2 is 1.94 bits per heavy atom. The molecule has 0 radical (unpaired) electrons. The van der Waals surface area contributed by atoms with E-state index in [0.29, 0.717) is 5.82 Å². The van der Waals surface area contributed by atoms with Crippen LogP contribution in [0.15, 0.2) is 42.7 Å². The molecule has 5 heteroatoms. The van der Waals surface area contributed by atoms with Crippen LogP contribution in [0.4, 0.5) is 11.5 Å². The lowest BCUT2D eigenvalue weighted by Crippen LogP contribution is -2.03. The number of nitrogens with one attached hydrogen (secondary N) is 1. The summed E-state index contributed by atoms with van der Waals surface area (Å²) in [5.74, 6) is -0.685. The Balaban J connectivity index is 2.22. The summed E-state index contributed by atoms with van der Waals surface area (Å²) < 4.78 is 0. The third-order valence-electron chi connectivity index (χ3n) is 1.90. The molecule has 0 saturated carbocycles. The molecule has 0 spiro atoms. The highest BCUT2D eigenvalue weighted by molar-refractivity contribution is 5.85. The molecule has 1 heterocycles. The number of aromatic nitrogens is 2. The molecule has 0 aliphatic carbocycles. The third kappa shape index (κ3) is 2.33. The van der Waals surface area contributed by atoms with Gasteiger partial charge in [0.05, 0.1) is 12.4 Å². The van der Waals surface area contributed by atoms with Crippen molar-refractivity contribution < 1.29 is 9.90 Å². The number of benzene rings is 1. The Bertz CT molecular complexity index is 500. The zero-order chi connectivity index (χ0) is 11.4. The monoisotopic (exact) mass is 215 g/mol. The predicted molar refractivity (Wildman–Crippen MR) is 58.7 cm³/mol. The highest BCUT2D eigenvalue weighted by atomic mass is 16.4. The van der Waals surface area contributed by atoms with Crippen LogP contribution >= 0.6 is 0 Å². The van der Waals surface area contributed by atoms with Gasteiger partial charge in [-0.2, -0.15) is 0 Å². The van der Waals surface area contributed by atoms with Crippen LogP contribution < -0.4 is 5.32 Å². The average molecular weight is 215 g/mol.